The number of nitrogen functional groups attached to an aromatic ring is 1. The summed E-state index contributed by atoms with van der Waals surface area (Å²) in [6.07, 6.45) is 3.31. The van der Waals surface area contributed by atoms with E-state index < -0.39 is 5.97 Å². The number of nitrogens with zero attached hydrogens (tertiary/aromatic N) is 2. The molecule has 1 aromatic rings. The molecule has 0 saturated carbocycles. The first kappa shape index (κ1) is 15.6. The predicted molar refractivity (Wildman–Crippen MR) is 83.4 cm³/mol. The molecule has 0 spiro atoms. The number of esters is 1. The van der Waals surface area contributed by atoms with Gasteiger partial charge >= 0.3 is 5.97 Å². The summed E-state index contributed by atoms with van der Waals surface area (Å²) in [6, 6.07) is 3.62. The second-order valence-corrected chi connectivity index (χ2v) is 5.39. The largest absolute Gasteiger partial charge is 0.464 e. The SMILES string of the molecule is CCCN1CCC(Nc2nc(C(=O)OC)ccc2N)CC1. The van der Waals surface area contributed by atoms with Gasteiger partial charge in [-0.2, -0.15) is 0 Å². The fourth-order valence-electron chi connectivity index (χ4n) is 2.61. The third-order valence-electron chi connectivity index (χ3n) is 3.79. The van der Waals surface area contributed by atoms with Gasteiger partial charge in [0.05, 0.1) is 12.8 Å². The number of likely N-dealkylation sites (tertiary alicyclic amines) is 1. The van der Waals surface area contributed by atoms with Gasteiger partial charge in [-0.25, -0.2) is 9.78 Å². The molecule has 1 fully saturated rings. The van der Waals surface area contributed by atoms with Gasteiger partial charge < -0.3 is 20.7 Å². The molecule has 1 saturated heterocycles. The van der Waals surface area contributed by atoms with E-state index in [-0.39, 0.29) is 5.69 Å². The second kappa shape index (κ2) is 7.26. The number of hydrogen-bond donors (Lipinski definition) is 2. The number of methoxy groups -OCH3 is 1. The molecule has 1 aliphatic heterocycles. The summed E-state index contributed by atoms with van der Waals surface area (Å²) in [7, 11) is 1.34. The van der Waals surface area contributed by atoms with Crippen LogP contribution in [0.1, 0.15) is 36.7 Å². The zero-order chi connectivity index (χ0) is 15.2. The van der Waals surface area contributed by atoms with E-state index in [1.54, 1.807) is 12.1 Å². The Morgan fingerprint density at radius 2 is 2.19 bits per heavy atom. The smallest absolute Gasteiger partial charge is 0.356 e. The molecule has 0 atom stereocenters. The maximum Gasteiger partial charge on any atom is 0.356 e. The maximum atomic E-state index is 11.5. The molecule has 3 N–H and O–H groups in total. The summed E-state index contributed by atoms with van der Waals surface area (Å²) in [6.45, 7) is 5.53. The summed E-state index contributed by atoms with van der Waals surface area (Å²) < 4.78 is 4.69. The average molecular weight is 292 g/mol. The topological polar surface area (TPSA) is 80.5 Å². The Bertz CT molecular complexity index is 485. The number of nitrogens with one attached hydrogen (secondary N) is 1. The number of pyridine rings is 1. The van der Waals surface area contributed by atoms with Gasteiger partial charge in [-0.1, -0.05) is 6.92 Å². The number of ether oxygens (including phenoxy) is 1. The molecule has 0 unspecified atom stereocenters. The summed E-state index contributed by atoms with van der Waals surface area (Å²) >= 11 is 0. The van der Waals surface area contributed by atoms with Gasteiger partial charge in [-0.3, -0.25) is 0 Å². The van der Waals surface area contributed by atoms with Gasteiger partial charge in [0.25, 0.3) is 0 Å². The molecule has 0 amide bonds. The van der Waals surface area contributed by atoms with E-state index in [4.69, 9.17) is 5.73 Å². The average Bonchev–Trinajstić information content (AvgIpc) is 2.51. The van der Waals surface area contributed by atoms with E-state index in [9.17, 15) is 4.79 Å². The summed E-state index contributed by atoms with van der Waals surface area (Å²) in [5, 5.41) is 3.36. The lowest BCUT2D eigenvalue weighted by Crippen LogP contribution is -2.39. The molecule has 6 heteroatoms. The molecule has 116 valence electrons. The Morgan fingerprint density at radius 1 is 1.48 bits per heavy atom. The van der Waals surface area contributed by atoms with Gasteiger partial charge in [0.15, 0.2) is 5.69 Å². The van der Waals surface area contributed by atoms with Crippen molar-refractivity contribution in [3.63, 3.8) is 0 Å². The van der Waals surface area contributed by atoms with Gasteiger partial charge in [0.1, 0.15) is 5.82 Å². The first-order valence-corrected chi connectivity index (χ1v) is 7.47. The van der Waals surface area contributed by atoms with E-state index in [0.29, 0.717) is 17.5 Å². The molecule has 21 heavy (non-hydrogen) atoms. The van der Waals surface area contributed by atoms with Crippen LogP contribution >= 0.6 is 0 Å². The number of carbonyl (C=O) groups excluding carboxylic acids is 1. The highest BCUT2D eigenvalue weighted by molar-refractivity contribution is 5.88. The van der Waals surface area contributed by atoms with Crippen molar-refractivity contribution in [2.24, 2.45) is 0 Å². The van der Waals surface area contributed by atoms with Gasteiger partial charge in [-0.05, 0) is 37.9 Å². The van der Waals surface area contributed by atoms with Crippen LogP contribution in [-0.2, 0) is 4.74 Å². The summed E-state index contributed by atoms with van der Waals surface area (Å²) in [4.78, 5) is 18.3. The number of piperidine rings is 1. The molecule has 0 aromatic carbocycles. The number of nitrogens with two attached hydrogens (primary N) is 1. The van der Waals surface area contributed by atoms with E-state index in [2.05, 4.69) is 26.9 Å². The van der Waals surface area contributed by atoms with Crippen molar-refractivity contribution in [1.82, 2.24) is 9.88 Å². The van der Waals surface area contributed by atoms with Crippen molar-refractivity contribution in [3.05, 3.63) is 17.8 Å². The molecule has 2 heterocycles. The van der Waals surface area contributed by atoms with Crippen LogP contribution in [0.4, 0.5) is 11.5 Å². The lowest BCUT2D eigenvalue weighted by molar-refractivity contribution is 0.0594. The number of aromatic nitrogens is 1. The first-order chi connectivity index (χ1) is 10.1. The zero-order valence-corrected chi connectivity index (χ0v) is 12.8. The Morgan fingerprint density at radius 3 is 2.81 bits per heavy atom. The molecule has 6 nitrogen and oxygen atoms in total. The van der Waals surface area contributed by atoms with Gasteiger partial charge in [0, 0.05) is 19.1 Å². The monoisotopic (exact) mass is 292 g/mol. The molecular weight excluding hydrogens is 268 g/mol. The van der Waals surface area contributed by atoms with E-state index >= 15 is 0 Å². The van der Waals surface area contributed by atoms with Crippen LogP contribution in [0, 0.1) is 0 Å². The molecule has 0 radical (unpaired) electrons. The van der Waals surface area contributed by atoms with E-state index in [1.807, 2.05) is 0 Å². The highest BCUT2D eigenvalue weighted by atomic mass is 16.5. The molecular formula is C15H24N4O2. The van der Waals surface area contributed by atoms with Crippen LogP contribution in [0.5, 0.6) is 0 Å². The molecule has 1 aromatic heterocycles. The van der Waals surface area contributed by atoms with Crippen LogP contribution in [0.25, 0.3) is 0 Å². The fourth-order valence-corrected chi connectivity index (χ4v) is 2.61. The summed E-state index contributed by atoms with van der Waals surface area (Å²) in [5.74, 6) is 0.127. The van der Waals surface area contributed by atoms with Gasteiger partial charge in [-0.15, -0.1) is 0 Å². The van der Waals surface area contributed by atoms with Crippen LogP contribution in [0.3, 0.4) is 0 Å². The maximum absolute atomic E-state index is 11.5. The number of carbonyl (C=O) groups is 1. The number of anilines is 2. The standard InChI is InChI=1S/C15H24N4O2/c1-3-8-19-9-6-11(7-10-19)17-14-12(16)4-5-13(18-14)15(20)21-2/h4-5,11H,3,6-10,16H2,1-2H3,(H,17,18). The van der Waals surface area contributed by atoms with E-state index in [1.165, 1.54) is 13.5 Å². The predicted octanol–water partition coefficient (Wildman–Crippen LogP) is 1.74. The molecule has 1 aliphatic rings. The minimum absolute atomic E-state index is 0.276. The van der Waals surface area contributed by atoms with Crippen LogP contribution < -0.4 is 11.1 Å². The van der Waals surface area contributed by atoms with Crippen molar-refractivity contribution in [3.8, 4) is 0 Å². The van der Waals surface area contributed by atoms with Crippen molar-refractivity contribution in [2.75, 3.05) is 37.8 Å². The highest BCUT2D eigenvalue weighted by Gasteiger charge is 2.20. The van der Waals surface area contributed by atoms with E-state index in [0.717, 1.165) is 32.5 Å². The molecule has 2 rings (SSSR count). The lowest BCUT2D eigenvalue weighted by atomic mass is 10.0. The first-order valence-electron chi connectivity index (χ1n) is 7.47. The Kier molecular flexibility index (Phi) is 5.38. The highest BCUT2D eigenvalue weighted by Crippen LogP contribution is 2.21. The number of rotatable bonds is 5. The fraction of sp³-hybridized carbons (Fsp3) is 0.600. The van der Waals surface area contributed by atoms with Crippen molar-refractivity contribution >= 4 is 17.5 Å². The minimum atomic E-state index is -0.448. The normalized spacial score (nSPS) is 16.7. The quantitative estimate of drug-likeness (QED) is 0.805. The van der Waals surface area contributed by atoms with Crippen LogP contribution in [0.15, 0.2) is 12.1 Å². The Hall–Kier alpha value is -1.82. The Balaban J connectivity index is 1.98. The lowest BCUT2D eigenvalue weighted by Gasteiger charge is -2.32. The third-order valence-corrected chi connectivity index (χ3v) is 3.79. The van der Waals surface area contributed by atoms with Crippen molar-refractivity contribution < 1.29 is 9.53 Å². The van der Waals surface area contributed by atoms with Crippen LogP contribution in [0.2, 0.25) is 0 Å². The number of hydrogen-bond acceptors (Lipinski definition) is 6. The summed E-state index contributed by atoms with van der Waals surface area (Å²) in [5.41, 5.74) is 6.77. The second-order valence-electron chi connectivity index (χ2n) is 5.39. The van der Waals surface area contributed by atoms with Crippen LogP contribution in [-0.4, -0.2) is 48.6 Å². The molecule has 0 aliphatic carbocycles. The third kappa shape index (κ3) is 4.07. The Labute approximate surface area is 125 Å². The van der Waals surface area contributed by atoms with Crippen molar-refractivity contribution in [1.29, 1.82) is 0 Å². The minimum Gasteiger partial charge on any atom is -0.464 e. The zero-order valence-electron chi connectivity index (χ0n) is 12.8. The van der Waals surface area contributed by atoms with Gasteiger partial charge in [0.2, 0.25) is 0 Å². The molecule has 0 bridgehead atoms. The van der Waals surface area contributed by atoms with Crippen molar-refractivity contribution in [2.45, 2.75) is 32.2 Å².